The SMILES string of the molecule is CCC(C)CNCC(C)C(N)=NO. The molecule has 0 amide bonds. The summed E-state index contributed by atoms with van der Waals surface area (Å²) >= 11 is 0. The molecule has 0 aliphatic heterocycles. The molecule has 13 heavy (non-hydrogen) atoms. The molecule has 0 fully saturated rings. The average Bonchev–Trinajstić information content (AvgIpc) is 2.15. The summed E-state index contributed by atoms with van der Waals surface area (Å²) in [5.41, 5.74) is 5.43. The summed E-state index contributed by atoms with van der Waals surface area (Å²) in [4.78, 5) is 0. The van der Waals surface area contributed by atoms with Crippen molar-refractivity contribution in [2.45, 2.75) is 27.2 Å². The van der Waals surface area contributed by atoms with Gasteiger partial charge in [0.05, 0.1) is 0 Å². The summed E-state index contributed by atoms with van der Waals surface area (Å²) in [6.07, 6.45) is 1.17. The monoisotopic (exact) mass is 187 g/mol. The molecule has 2 unspecified atom stereocenters. The van der Waals surface area contributed by atoms with Gasteiger partial charge < -0.3 is 16.3 Å². The molecule has 0 rings (SSSR count). The molecule has 2 atom stereocenters. The van der Waals surface area contributed by atoms with Crippen LogP contribution in [0.4, 0.5) is 0 Å². The van der Waals surface area contributed by atoms with Crippen molar-refractivity contribution in [2.75, 3.05) is 13.1 Å². The Morgan fingerprint density at radius 3 is 2.54 bits per heavy atom. The number of hydrogen-bond donors (Lipinski definition) is 3. The highest BCUT2D eigenvalue weighted by Crippen LogP contribution is 1.98. The van der Waals surface area contributed by atoms with Crippen LogP contribution in [-0.4, -0.2) is 24.1 Å². The van der Waals surface area contributed by atoms with Gasteiger partial charge in [0.25, 0.3) is 0 Å². The Balaban J connectivity index is 3.53. The summed E-state index contributed by atoms with van der Waals surface area (Å²) in [6, 6.07) is 0. The van der Waals surface area contributed by atoms with Gasteiger partial charge >= 0.3 is 0 Å². The van der Waals surface area contributed by atoms with Crippen LogP contribution in [0.15, 0.2) is 5.16 Å². The molecule has 0 aromatic rings. The lowest BCUT2D eigenvalue weighted by Crippen LogP contribution is -2.33. The fraction of sp³-hybridized carbons (Fsp3) is 0.889. The quantitative estimate of drug-likeness (QED) is 0.251. The molecule has 4 N–H and O–H groups in total. The smallest absolute Gasteiger partial charge is 0.143 e. The van der Waals surface area contributed by atoms with Crippen molar-refractivity contribution in [2.24, 2.45) is 22.7 Å². The van der Waals surface area contributed by atoms with Crippen LogP contribution < -0.4 is 11.1 Å². The van der Waals surface area contributed by atoms with Gasteiger partial charge in [-0.2, -0.15) is 0 Å². The van der Waals surface area contributed by atoms with Gasteiger partial charge in [-0.15, -0.1) is 0 Å². The average molecular weight is 187 g/mol. The Labute approximate surface area is 80.2 Å². The maximum atomic E-state index is 8.40. The van der Waals surface area contributed by atoms with E-state index < -0.39 is 0 Å². The predicted octanol–water partition coefficient (Wildman–Crippen LogP) is 1.00. The standard InChI is InChI=1S/C9H21N3O/c1-4-7(2)5-11-6-8(3)9(10)12-13/h7-8,11,13H,4-6H2,1-3H3,(H2,10,12). The van der Waals surface area contributed by atoms with Crippen LogP contribution in [0.1, 0.15) is 27.2 Å². The maximum absolute atomic E-state index is 8.40. The zero-order valence-electron chi connectivity index (χ0n) is 8.75. The highest BCUT2D eigenvalue weighted by atomic mass is 16.4. The minimum absolute atomic E-state index is 0.0917. The Kier molecular flexibility index (Phi) is 6.32. The number of nitrogens with zero attached hydrogens (tertiary/aromatic N) is 1. The van der Waals surface area contributed by atoms with Gasteiger partial charge in [0.2, 0.25) is 0 Å². The van der Waals surface area contributed by atoms with Crippen molar-refractivity contribution >= 4 is 5.84 Å². The first kappa shape index (κ1) is 12.2. The third-order valence-corrected chi connectivity index (χ3v) is 2.26. The van der Waals surface area contributed by atoms with Gasteiger partial charge in [-0.3, -0.25) is 0 Å². The molecule has 0 aromatic heterocycles. The zero-order valence-corrected chi connectivity index (χ0v) is 8.75. The summed E-state index contributed by atoms with van der Waals surface area (Å²) in [5.74, 6) is 1.06. The van der Waals surface area contributed by atoms with Gasteiger partial charge in [-0.25, -0.2) is 0 Å². The third kappa shape index (κ3) is 5.47. The van der Waals surface area contributed by atoms with Crippen molar-refractivity contribution in [3.63, 3.8) is 0 Å². The van der Waals surface area contributed by atoms with Crippen LogP contribution >= 0.6 is 0 Å². The molecule has 4 nitrogen and oxygen atoms in total. The summed E-state index contributed by atoms with van der Waals surface area (Å²) in [5, 5.41) is 14.6. The van der Waals surface area contributed by atoms with E-state index in [2.05, 4.69) is 24.3 Å². The summed E-state index contributed by atoms with van der Waals surface area (Å²) in [7, 11) is 0. The minimum atomic E-state index is 0.0917. The van der Waals surface area contributed by atoms with Crippen LogP contribution in [0.5, 0.6) is 0 Å². The molecule has 4 heteroatoms. The van der Waals surface area contributed by atoms with Crippen LogP contribution in [-0.2, 0) is 0 Å². The van der Waals surface area contributed by atoms with E-state index in [-0.39, 0.29) is 11.8 Å². The first-order chi connectivity index (χ1) is 6.11. The van der Waals surface area contributed by atoms with Crippen molar-refractivity contribution in [1.82, 2.24) is 5.32 Å². The lowest BCUT2D eigenvalue weighted by molar-refractivity contribution is 0.314. The van der Waals surface area contributed by atoms with Crippen molar-refractivity contribution in [1.29, 1.82) is 0 Å². The number of hydrogen-bond acceptors (Lipinski definition) is 3. The van der Waals surface area contributed by atoms with Crippen LogP contribution in [0.25, 0.3) is 0 Å². The second-order valence-corrected chi connectivity index (χ2v) is 3.60. The Bertz CT molecular complexity index is 159. The van der Waals surface area contributed by atoms with Gasteiger partial charge in [-0.05, 0) is 12.5 Å². The van der Waals surface area contributed by atoms with Crippen molar-refractivity contribution in [3.05, 3.63) is 0 Å². The number of amidine groups is 1. The topological polar surface area (TPSA) is 70.6 Å². The molecule has 78 valence electrons. The lowest BCUT2D eigenvalue weighted by atomic mass is 10.1. The fourth-order valence-corrected chi connectivity index (χ4v) is 0.894. The largest absolute Gasteiger partial charge is 0.409 e. The van der Waals surface area contributed by atoms with Gasteiger partial charge in [0.15, 0.2) is 0 Å². The Morgan fingerprint density at radius 2 is 2.08 bits per heavy atom. The second-order valence-electron chi connectivity index (χ2n) is 3.60. The van der Waals surface area contributed by atoms with Crippen molar-refractivity contribution in [3.8, 4) is 0 Å². The van der Waals surface area contributed by atoms with Crippen LogP contribution in [0, 0.1) is 11.8 Å². The van der Waals surface area contributed by atoms with E-state index in [1.807, 2.05) is 6.92 Å². The van der Waals surface area contributed by atoms with E-state index >= 15 is 0 Å². The van der Waals surface area contributed by atoms with Gasteiger partial charge in [0.1, 0.15) is 5.84 Å². The van der Waals surface area contributed by atoms with Gasteiger partial charge in [0, 0.05) is 12.5 Å². The normalized spacial score (nSPS) is 17.0. The molecule has 0 aliphatic carbocycles. The van der Waals surface area contributed by atoms with E-state index in [1.54, 1.807) is 0 Å². The number of nitrogens with one attached hydrogen (secondary N) is 1. The molecular formula is C9H21N3O. The molecule has 0 radical (unpaired) electrons. The van der Waals surface area contributed by atoms with Crippen LogP contribution in [0.2, 0.25) is 0 Å². The second kappa shape index (κ2) is 6.71. The maximum Gasteiger partial charge on any atom is 0.143 e. The number of oxime groups is 1. The number of rotatable bonds is 6. The van der Waals surface area contributed by atoms with E-state index in [0.717, 1.165) is 13.1 Å². The fourth-order valence-electron chi connectivity index (χ4n) is 0.894. The van der Waals surface area contributed by atoms with E-state index in [0.29, 0.717) is 5.92 Å². The molecule has 0 aliphatic rings. The Hall–Kier alpha value is -0.770. The minimum Gasteiger partial charge on any atom is -0.409 e. The first-order valence-electron chi connectivity index (χ1n) is 4.79. The van der Waals surface area contributed by atoms with Gasteiger partial charge in [-0.1, -0.05) is 32.3 Å². The highest BCUT2D eigenvalue weighted by Gasteiger charge is 2.07. The third-order valence-electron chi connectivity index (χ3n) is 2.26. The predicted molar refractivity (Wildman–Crippen MR) is 54.9 cm³/mol. The van der Waals surface area contributed by atoms with E-state index in [9.17, 15) is 0 Å². The van der Waals surface area contributed by atoms with E-state index in [1.165, 1.54) is 6.42 Å². The Morgan fingerprint density at radius 1 is 1.46 bits per heavy atom. The molecule has 0 spiro atoms. The molecule has 0 aromatic carbocycles. The van der Waals surface area contributed by atoms with Crippen molar-refractivity contribution < 1.29 is 5.21 Å². The molecule has 0 bridgehead atoms. The molecule has 0 saturated heterocycles. The number of nitrogens with two attached hydrogens (primary N) is 1. The van der Waals surface area contributed by atoms with Crippen LogP contribution in [0.3, 0.4) is 0 Å². The molecule has 0 saturated carbocycles. The molecule has 0 heterocycles. The van der Waals surface area contributed by atoms with E-state index in [4.69, 9.17) is 10.9 Å². The summed E-state index contributed by atoms with van der Waals surface area (Å²) in [6.45, 7) is 8.04. The zero-order chi connectivity index (χ0) is 10.3. The molecular weight excluding hydrogens is 166 g/mol. The lowest BCUT2D eigenvalue weighted by Gasteiger charge is -2.13. The highest BCUT2D eigenvalue weighted by molar-refractivity contribution is 5.82. The first-order valence-corrected chi connectivity index (χ1v) is 4.79. The summed E-state index contributed by atoms with van der Waals surface area (Å²) < 4.78 is 0.